The van der Waals surface area contributed by atoms with Crippen molar-refractivity contribution in [2.45, 2.75) is 40.2 Å². The van der Waals surface area contributed by atoms with Crippen LogP contribution in [-0.4, -0.2) is 39.0 Å². The molecule has 2 aromatic heterocycles. The van der Waals surface area contributed by atoms with Crippen LogP contribution in [0.3, 0.4) is 0 Å². The normalized spacial score (nSPS) is 15.6. The number of aryl methyl sites for hydroxylation is 1. The second-order valence-corrected chi connectivity index (χ2v) is 8.28. The van der Waals surface area contributed by atoms with Gasteiger partial charge in [0.05, 0.1) is 26.6 Å². The number of allylic oxidation sites excluding steroid dienone is 1. The summed E-state index contributed by atoms with van der Waals surface area (Å²) < 4.78 is 2.78. The van der Waals surface area contributed by atoms with Gasteiger partial charge in [-0.15, -0.1) is 11.3 Å². The van der Waals surface area contributed by atoms with Gasteiger partial charge in [0.15, 0.2) is 0 Å². The van der Waals surface area contributed by atoms with E-state index in [0.717, 1.165) is 70.3 Å². The van der Waals surface area contributed by atoms with Gasteiger partial charge in [0.25, 0.3) is 5.56 Å². The van der Waals surface area contributed by atoms with Crippen molar-refractivity contribution in [3.8, 4) is 5.69 Å². The average molecular weight is 396 g/mol. The van der Waals surface area contributed by atoms with Crippen LogP contribution in [0.25, 0.3) is 15.9 Å². The second kappa shape index (κ2) is 7.85. The minimum atomic E-state index is 0.0612. The first-order valence-electron chi connectivity index (χ1n) is 9.69. The van der Waals surface area contributed by atoms with Crippen LogP contribution < -0.4 is 5.56 Å². The minimum Gasteiger partial charge on any atom is -0.293 e. The summed E-state index contributed by atoms with van der Waals surface area (Å²) in [4.78, 5) is 24.3. The predicted molar refractivity (Wildman–Crippen MR) is 116 cm³/mol. The zero-order chi connectivity index (χ0) is 19.7. The summed E-state index contributed by atoms with van der Waals surface area (Å²) in [5.41, 5.74) is 4.90. The number of hydrogen-bond acceptors (Lipinski definition) is 5. The highest BCUT2D eigenvalue weighted by atomic mass is 32.1. The third-order valence-corrected chi connectivity index (χ3v) is 5.92. The molecular weight excluding hydrogens is 370 g/mol. The molecule has 6 nitrogen and oxygen atoms in total. The summed E-state index contributed by atoms with van der Waals surface area (Å²) in [6.07, 6.45) is 5.73. The molecule has 0 fully saturated rings. The molecule has 0 spiro atoms. The fourth-order valence-electron chi connectivity index (χ4n) is 3.75. The fourth-order valence-corrected chi connectivity index (χ4v) is 4.61. The van der Waals surface area contributed by atoms with Crippen molar-refractivity contribution in [1.29, 1.82) is 0 Å². The van der Waals surface area contributed by atoms with Crippen LogP contribution in [0.4, 0.5) is 0 Å². The molecule has 0 saturated heterocycles. The van der Waals surface area contributed by atoms with Crippen LogP contribution in [0.1, 0.15) is 36.5 Å². The molecule has 1 N–H and O–H groups in total. The second-order valence-electron chi connectivity index (χ2n) is 7.05. The first-order valence-corrected chi connectivity index (χ1v) is 10.5. The van der Waals surface area contributed by atoms with Gasteiger partial charge in [-0.25, -0.2) is 9.67 Å². The molecule has 146 valence electrons. The summed E-state index contributed by atoms with van der Waals surface area (Å²) in [6.45, 7) is 8.47. The van der Waals surface area contributed by atoms with E-state index >= 15 is 0 Å². The van der Waals surface area contributed by atoms with E-state index in [9.17, 15) is 4.79 Å². The molecule has 4 rings (SSSR count). The van der Waals surface area contributed by atoms with Crippen molar-refractivity contribution >= 4 is 27.8 Å². The van der Waals surface area contributed by atoms with Crippen LogP contribution >= 0.6 is 11.3 Å². The highest BCUT2D eigenvalue weighted by Crippen LogP contribution is 2.24. The molecular formula is C21H25N5OS. The molecule has 0 radical (unpaired) electrons. The lowest BCUT2D eigenvalue weighted by atomic mass is 10.1. The van der Waals surface area contributed by atoms with Crippen LogP contribution in [0.2, 0.25) is 0 Å². The summed E-state index contributed by atoms with van der Waals surface area (Å²) >= 11 is 1.65. The Morgan fingerprint density at radius 1 is 1.43 bits per heavy atom. The van der Waals surface area contributed by atoms with E-state index in [1.165, 1.54) is 0 Å². The van der Waals surface area contributed by atoms with E-state index in [2.05, 4.69) is 33.0 Å². The number of hydrogen-bond donors (Lipinski definition) is 1. The van der Waals surface area contributed by atoms with Gasteiger partial charge < -0.3 is 0 Å². The number of thiazole rings is 1. The maximum atomic E-state index is 13.0. The quantitative estimate of drug-likeness (QED) is 0.668. The van der Waals surface area contributed by atoms with Crippen molar-refractivity contribution in [2.75, 3.05) is 13.1 Å². The lowest BCUT2D eigenvalue weighted by Gasteiger charge is -2.25. The standard InChI is InChI=1S/C21H25N5OS/c1-4-6-15(22-5-2)12-25-10-9-17-19(13-25)24-26(21(17)27)16-7-8-18-20(11-16)28-14(3)23-18/h5-8,11,24H,4,9-10,12-13H2,1-3H3/b15-6-,22-5?. The van der Waals surface area contributed by atoms with Crippen molar-refractivity contribution in [3.05, 3.63) is 56.6 Å². The molecule has 28 heavy (non-hydrogen) atoms. The van der Waals surface area contributed by atoms with E-state index < -0.39 is 0 Å². The van der Waals surface area contributed by atoms with Crippen LogP contribution in [0.15, 0.2) is 39.8 Å². The van der Waals surface area contributed by atoms with Gasteiger partial charge in [-0.3, -0.25) is 19.8 Å². The van der Waals surface area contributed by atoms with Gasteiger partial charge in [0.2, 0.25) is 0 Å². The molecule has 3 heterocycles. The molecule has 1 aromatic carbocycles. The minimum absolute atomic E-state index is 0.0612. The Kier molecular flexibility index (Phi) is 5.28. The van der Waals surface area contributed by atoms with Gasteiger partial charge in [-0.2, -0.15) is 0 Å². The number of aromatic nitrogens is 3. The van der Waals surface area contributed by atoms with Gasteiger partial charge >= 0.3 is 0 Å². The van der Waals surface area contributed by atoms with Gasteiger partial charge in [0.1, 0.15) is 0 Å². The van der Waals surface area contributed by atoms with Crippen LogP contribution in [-0.2, 0) is 13.0 Å². The zero-order valence-corrected chi connectivity index (χ0v) is 17.3. The Balaban J connectivity index is 1.61. The third-order valence-electron chi connectivity index (χ3n) is 4.99. The summed E-state index contributed by atoms with van der Waals surface area (Å²) in [5, 5.41) is 4.38. The van der Waals surface area contributed by atoms with E-state index in [1.807, 2.05) is 38.3 Å². The lowest BCUT2D eigenvalue weighted by molar-refractivity contribution is 0.271. The number of nitrogens with zero attached hydrogens (tertiary/aromatic N) is 4. The monoisotopic (exact) mass is 395 g/mol. The lowest BCUT2D eigenvalue weighted by Crippen LogP contribution is -2.33. The molecule has 0 unspecified atom stereocenters. The molecule has 1 aliphatic rings. The molecule has 7 heteroatoms. The maximum absolute atomic E-state index is 13.0. The van der Waals surface area contributed by atoms with Crippen LogP contribution in [0.5, 0.6) is 0 Å². The van der Waals surface area contributed by atoms with Gasteiger partial charge in [0, 0.05) is 37.1 Å². The van der Waals surface area contributed by atoms with Crippen LogP contribution in [0, 0.1) is 6.92 Å². The maximum Gasteiger partial charge on any atom is 0.274 e. The Hall–Kier alpha value is -2.51. The highest BCUT2D eigenvalue weighted by Gasteiger charge is 2.23. The van der Waals surface area contributed by atoms with E-state index in [-0.39, 0.29) is 5.56 Å². The first kappa shape index (κ1) is 18.8. The summed E-state index contributed by atoms with van der Waals surface area (Å²) in [6, 6.07) is 5.98. The van der Waals surface area contributed by atoms with Crippen molar-refractivity contribution in [2.24, 2.45) is 4.99 Å². The largest absolute Gasteiger partial charge is 0.293 e. The molecule has 0 saturated carbocycles. The fraction of sp³-hybridized carbons (Fsp3) is 0.381. The Bertz CT molecular complexity index is 1120. The molecule has 1 aliphatic heterocycles. The Labute approximate surface area is 168 Å². The number of aromatic amines is 1. The number of benzene rings is 1. The zero-order valence-electron chi connectivity index (χ0n) is 16.5. The van der Waals surface area contributed by atoms with E-state index in [0.29, 0.717) is 0 Å². The SMILES string of the molecule is CC=N/C(=C\CC)CN1CCc2c([nH]n(-c3ccc4nc(C)sc4c3)c2=O)C1. The number of nitrogens with one attached hydrogen (secondary N) is 1. The molecule has 0 bridgehead atoms. The summed E-state index contributed by atoms with van der Waals surface area (Å²) in [5.74, 6) is 0. The van der Waals surface area contributed by atoms with E-state index in [4.69, 9.17) is 0 Å². The summed E-state index contributed by atoms with van der Waals surface area (Å²) in [7, 11) is 0. The third kappa shape index (κ3) is 3.59. The van der Waals surface area contributed by atoms with Crippen molar-refractivity contribution in [3.63, 3.8) is 0 Å². The van der Waals surface area contributed by atoms with Gasteiger partial charge in [-0.1, -0.05) is 13.0 Å². The Morgan fingerprint density at radius 2 is 2.29 bits per heavy atom. The predicted octanol–water partition coefficient (Wildman–Crippen LogP) is 3.83. The van der Waals surface area contributed by atoms with Crippen molar-refractivity contribution in [1.82, 2.24) is 19.7 Å². The topological polar surface area (TPSA) is 66.3 Å². The smallest absolute Gasteiger partial charge is 0.274 e. The highest BCUT2D eigenvalue weighted by molar-refractivity contribution is 7.18. The van der Waals surface area contributed by atoms with Gasteiger partial charge in [-0.05, 0) is 44.9 Å². The van der Waals surface area contributed by atoms with E-state index in [1.54, 1.807) is 16.0 Å². The average Bonchev–Trinajstić information content (AvgIpc) is 3.20. The molecule has 0 atom stereocenters. The van der Waals surface area contributed by atoms with Crippen molar-refractivity contribution < 1.29 is 0 Å². The number of H-pyrrole nitrogens is 1. The Morgan fingerprint density at radius 3 is 3.07 bits per heavy atom. The molecule has 3 aromatic rings. The number of aliphatic imine (C=N–C) groups is 1. The first-order chi connectivity index (χ1) is 13.6. The number of fused-ring (bicyclic) bond motifs is 2. The number of rotatable bonds is 5. The molecule has 0 aliphatic carbocycles. The molecule has 0 amide bonds.